The number of fused-ring (bicyclic) bond motifs is 2. The highest BCUT2D eigenvalue weighted by Crippen LogP contribution is 2.50. The van der Waals surface area contributed by atoms with Crippen molar-refractivity contribution in [2.75, 3.05) is 4.90 Å². The van der Waals surface area contributed by atoms with E-state index in [0.717, 1.165) is 11.4 Å². The predicted molar refractivity (Wildman–Crippen MR) is 230 cm³/mol. The molecule has 0 saturated heterocycles. The van der Waals surface area contributed by atoms with E-state index in [1.807, 2.05) is 0 Å². The molecule has 1 nitrogen and oxygen atoms in total. The molecule has 0 saturated carbocycles. The Labute approximate surface area is 318 Å². The molecule has 1 heteroatoms. The summed E-state index contributed by atoms with van der Waals surface area (Å²) in [4.78, 5) is 2.47. The lowest BCUT2D eigenvalue weighted by Crippen LogP contribution is -2.13. The summed E-state index contributed by atoms with van der Waals surface area (Å²) in [5.74, 6) is -0.0112. The highest BCUT2D eigenvalue weighted by molar-refractivity contribution is 6.18. The Kier molecular flexibility index (Phi) is 8.83. The fraction of sp³-hybridized carbons (Fsp3) is 0.0566. The van der Waals surface area contributed by atoms with Gasteiger partial charge in [0.15, 0.2) is 0 Å². The van der Waals surface area contributed by atoms with Gasteiger partial charge in [0.2, 0.25) is 0 Å². The van der Waals surface area contributed by atoms with Gasteiger partial charge in [0.1, 0.15) is 0 Å². The van der Waals surface area contributed by atoms with Gasteiger partial charge in [0, 0.05) is 28.1 Å². The zero-order valence-corrected chi connectivity index (χ0v) is 30.7. The van der Waals surface area contributed by atoms with Gasteiger partial charge >= 0.3 is 0 Å². The van der Waals surface area contributed by atoms with E-state index in [4.69, 9.17) is 0 Å². The maximum absolute atomic E-state index is 2.47. The number of aryl methyl sites for hydroxylation is 2. The normalized spacial score (nSPS) is 11.8. The van der Waals surface area contributed by atoms with Crippen LogP contribution in [0, 0.1) is 13.8 Å². The molecule has 9 aromatic rings. The summed E-state index contributed by atoms with van der Waals surface area (Å²) in [6.07, 6.45) is 0. The molecule has 1 atom stereocenters. The van der Waals surface area contributed by atoms with Crippen LogP contribution in [0.5, 0.6) is 0 Å². The molecule has 0 bridgehead atoms. The molecule has 9 aromatic carbocycles. The second-order valence-corrected chi connectivity index (χ2v) is 14.3. The van der Waals surface area contributed by atoms with E-state index in [-0.39, 0.29) is 5.92 Å². The first kappa shape index (κ1) is 33.2. The van der Waals surface area contributed by atoms with Crippen LogP contribution in [0.25, 0.3) is 43.8 Å². The Morgan fingerprint density at radius 3 is 1.44 bits per heavy atom. The zero-order chi connectivity index (χ0) is 36.4. The SMILES string of the molecule is Cc1cccc(C(c2ccccc2)c2c3cc(-c4ccccc4)ccc3c(N(c3ccccc3)c3cccc(C)c3)c3cc(-c4ccccc4)ccc23)c1. The largest absolute Gasteiger partial charge is 0.309 e. The van der Waals surface area contributed by atoms with Crippen LogP contribution in [0.3, 0.4) is 0 Å². The number of para-hydroxylation sites is 1. The fourth-order valence-electron chi connectivity index (χ4n) is 8.18. The second kappa shape index (κ2) is 14.4. The second-order valence-electron chi connectivity index (χ2n) is 14.3. The summed E-state index contributed by atoms with van der Waals surface area (Å²) in [7, 11) is 0. The molecule has 0 heterocycles. The van der Waals surface area contributed by atoms with E-state index >= 15 is 0 Å². The molecular formula is C53H41N. The third-order valence-electron chi connectivity index (χ3n) is 10.6. The standard InChI is InChI=1S/C53H41N/c1-37-17-15-25-44(33-37)51(41-23-11-5-12-24-41)52-47-31-29-43(40-21-9-4-10-22-40)36-50(47)53(48-32-30-42(35-49(48)52)39-19-7-3-8-20-39)54(45-26-13-6-14-27-45)46-28-16-18-38(2)34-46/h3-36,51H,1-2H3. The molecule has 0 aliphatic carbocycles. The number of anilines is 3. The lowest BCUT2D eigenvalue weighted by molar-refractivity contribution is 0.996. The minimum Gasteiger partial charge on any atom is -0.309 e. The maximum Gasteiger partial charge on any atom is 0.0618 e. The van der Waals surface area contributed by atoms with Crippen LogP contribution in [0.15, 0.2) is 206 Å². The van der Waals surface area contributed by atoms with Crippen LogP contribution in [-0.4, -0.2) is 0 Å². The number of benzene rings is 9. The van der Waals surface area contributed by atoms with Gasteiger partial charge in [-0.1, -0.05) is 175 Å². The highest BCUT2D eigenvalue weighted by Gasteiger charge is 2.28. The third-order valence-corrected chi connectivity index (χ3v) is 10.6. The van der Waals surface area contributed by atoms with E-state index in [1.54, 1.807) is 0 Å². The smallest absolute Gasteiger partial charge is 0.0618 e. The Morgan fingerprint density at radius 2 is 0.833 bits per heavy atom. The molecule has 0 amide bonds. The monoisotopic (exact) mass is 691 g/mol. The van der Waals surface area contributed by atoms with Crippen molar-refractivity contribution in [1.82, 2.24) is 0 Å². The van der Waals surface area contributed by atoms with Gasteiger partial charge in [-0.15, -0.1) is 0 Å². The van der Waals surface area contributed by atoms with Gasteiger partial charge in [-0.05, 0) is 106 Å². The molecule has 0 aliphatic heterocycles. The van der Waals surface area contributed by atoms with Gasteiger partial charge in [0.25, 0.3) is 0 Å². The summed E-state index contributed by atoms with van der Waals surface area (Å²) >= 11 is 0. The Balaban J connectivity index is 1.48. The first-order valence-electron chi connectivity index (χ1n) is 18.8. The van der Waals surface area contributed by atoms with Gasteiger partial charge < -0.3 is 4.90 Å². The topological polar surface area (TPSA) is 3.24 Å². The van der Waals surface area contributed by atoms with Crippen molar-refractivity contribution in [2.24, 2.45) is 0 Å². The summed E-state index contributed by atoms with van der Waals surface area (Å²) in [5.41, 5.74) is 14.6. The van der Waals surface area contributed by atoms with Crippen LogP contribution < -0.4 is 4.90 Å². The van der Waals surface area contributed by atoms with Crippen LogP contribution in [0.2, 0.25) is 0 Å². The van der Waals surface area contributed by atoms with Gasteiger partial charge in [-0.2, -0.15) is 0 Å². The minimum atomic E-state index is -0.0112. The summed E-state index contributed by atoms with van der Waals surface area (Å²) in [6, 6.07) is 75.7. The van der Waals surface area contributed by atoms with Crippen molar-refractivity contribution in [3.05, 3.63) is 234 Å². The number of hydrogen-bond acceptors (Lipinski definition) is 1. The lowest BCUT2D eigenvalue weighted by Gasteiger charge is -2.32. The first-order chi connectivity index (χ1) is 26.6. The van der Waals surface area contributed by atoms with Crippen molar-refractivity contribution in [3.8, 4) is 22.3 Å². The molecular weight excluding hydrogens is 651 g/mol. The molecule has 0 spiro atoms. The summed E-state index contributed by atoms with van der Waals surface area (Å²) in [5, 5.41) is 4.91. The van der Waals surface area contributed by atoms with Gasteiger partial charge in [-0.3, -0.25) is 0 Å². The van der Waals surface area contributed by atoms with Crippen molar-refractivity contribution in [1.29, 1.82) is 0 Å². The van der Waals surface area contributed by atoms with E-state index in [0.29, 0.717) is 0 Å². The molecule has 0 aliphatic rings. The first-order valence-corrected chi connectivity index (χ1v) is 18.8. The molecule has 1 unspecified atom stereocenters. The molecule has 258 valence electrons. The molecule has 0 aromatic heterocycles. The molecule has 9 rings (SSSR count). The van der Waals surface area contributed by atoms with E-state index < -0.39 is 0 Å². The van der Waals surface area contributed by atoms with Gasteiger partial charge in [0.05, 0.1) is 5.69 Å². The number of hydrogen-bond donors (Lipinski definition) is 0. The number of nitrogens with zero attached hydrogens (tertiary/aromatic N) is 1. The Bertz CT molecular complexity index is 2520. The van der Waals surface area contributed by atoms with E-state index in [2.05, 4.69) is 225 Å². The molecule has 0 radical (unpaired) electrons. The Morgan fingerprint density at radius 1 is 0.333 bits per heavy atom. The zero-order valence-electron chi connectivity index (χ0n) is 30.7. The summed E-state index contributed by atoms with van der Waals surface area (Å²) in [6.45, 7) is 4.38. The fourth-order valence-corrected chi connectivity index (χ4v) is 8.18. The molecule has 54 heavy (non-hydrogen) atoms. The number of rotatable bonds is 8. The predicted octanol–water partition coefficient (Wildman–Crippen LogP) is 14.6. The van der Waals surface area contributed by atoms with E-state index in [9.17, 15) is 0 Å². The van der Waals surface area contributed by atoms with Crippen molar-refractivity contribution >= 4 is 38.6 Å². The third kappa shape index (κ3) is 6.25. The van der Waals surface area contributed by atoms with Crippen molar-refractivity contribution < 1.29 is 0 Å². The van der Waals surface area contributed by atoms with Crippen molar-refractivity contribution in [2.45, 2.75) is 19.8 Å². The molecule has 0 N–H and O–H groups in total. The average Bonchev–Trinajstić information content (AvgIpc) is 3.23. The van der Waals surface area contributed by atoms with Gasteiger partial charge in [-0.25, -0.2) is 0 Å². The quantitative estimate of drug-likeness (QED) is 0.113. The van der Waals surface area contributed by atoms with Crippen molar-refractivity contribution in [3.63, 3.8) is 0 Å². The minimum absolute atomic E-state index is 0.0112. The Hall–Kier alpha value is -6.70. The molecule has 0 fully saturated rings. The van der Waals surface area contributed by atoms with Crippen LogP contribution in [-0.2, 0) is 0 Å². The lowest BCUT2D eigenvalue weighted by atomic mass is 9.78. The van der Waals surface area contributed by atoms with Crippen LogP contribution in [0.4, 0.5) is 17.1 Å². The maximum atomic E-state index is 2.47. The summed E-state index contributed by atoms with van der Waals surface area (Å²) < 4.78 is 0. The van der Waals surface area contributed by atoms with Crippen LogP contribution >= 0.6 is 0 Å². The average molecular weight is 692 g/mol. The highest BCUT2D eigenvalue weighted by atomic mass is 15.1. The van der Waals surface area contributed by atoms with E-state index in [1.165, 1.54) is 77.3 Å². The van der Waals surface area contributed by atoms with Crippen LogP contribution in [0.1, 0.15) is 33.7 Å².